The molecular formula is C19H24N2O4S. The highest BCUT2D eigenvalue weighted by Crippen LogP contribution is 2.32. The van der Waals surface area contributed by atoms with Gasteiger partial charge in [0.25, 0.3) is 0 Å². The average Bonchev–Trinajstić information content (AvgIpc) is 2.67. The Morgan fingerprint density at radius 2 is 1.92 bits per heavy atom. The first-order chi connectivity index (χ1) is 12.5. The average molecular weight is 376 g/mol. The molecule has 0 amide bonds. The van der Waals surface area contributed by atoms with Crippen molar-refractivity contribution in [2.75, 3.05) is 33.9 Å². The van der Waals surface area contributed by atoms with Gasteiger partial charge in [0, 0.05) is 25.2 Å². The molecule has 1 aliphatic heterocycles. The zero-order chi connectivity index (χ0) is 18.6. The molecule has 26 heavy (non-hydrogen) atoms. The van der Waals surface area contributed by atoms with Gasteiger partial charge in [-0.05, 0) is 23.8 Å². The molecule has 1 heterocycles. The predicted octanol–water partition coefficient (Wildman–Crippen LogP) is 2.18. The third-order valence-electron chi connectivity index (χ3n) is 4.53. The lowest BCUT2D eigenvalue weighted by atomic mass is 10.0. The normalized spacial score (nSPS) is 18.5. The summed E-state index contributed by atoms with van der Waals surface area (Å²) in [4.78, 5) is 0. The fourth-order valence-corrected chi connectivity index (χ4v) is 4.99. The van der Waals surface area contributed by atoms with E-state index in [0.717, 1.165) is 5.56 Å². The van der Waals surface area contributed by atoms with Crippen molar-refractivity contribution < 1.29 is 17.9 Å². The van der Waals surface area contributed by atoms with Gasteiger partial charge in [-0.25, -0.2) is 8.42 Å². The van der Waals surface area contributed by atoms with E-state index in [1.165, 1.54) is 0 Å². The molecule has 1 aliphatic rings. The maximum Gasteiger partial charge on any atom is 0.218 e. The number of benzene rings is 2. The summed E-state index contributed by atoms with van der Waals surface area (Å²) in [6.07, 6.45) is 0. The van der Waals surface area contributed by atoms with E-state index < -0.39 is 10.0 Å². The van der Waals surface area contributed by atoms with Gasteiger partial charge >= 0.3 is 0 Å². The molecule has 1 unspecified atom stereocenters. The summed E-state index contributed by atoms with van der Waals surface area (Å²) in [5.74, 6) is 1.29. The number of para-hydroxylation sites is 1. The minimum absolute atomic E-state index is 0.0597. The summed E-state index contributed by atoms with van der Waals surface area (Å²) < 4.78 is 38.5. The van der Waals surface area contributed by atoms with Crippen LogP contribution < -0.4 is 14.8 Å². The van der Waals surface area contributed by atoms with Crippen molar-refractivity contribution >= 4 is 10.0 Å². The Labute approximate surface area is 154 Å². The number of rotatable bonds is 6. The first kappa shape index (κ1) is 18.7. The van der Waals surface area contributed by atoms with Crippen LogP contribution in [0, 0.1) is 0 Å². The van der Waals surface area contributed by atoms with Crippen molar-refractivity contribution in [1.82, 2.24) is 9.62 Å². The van der Waals surface area contributed by atoms with Gasteiger partial charge < -0.3 is 14.8 Å². The largest absolute Gasteiger partial charge is 0.497 e. The minimum atomic E-state index is -3.50. The Hall–Kier alpha value is -2.09. The molecule has 0 aromatic heterocycles. The smallest absolute Gasteiger partial charge is 0.218 e. The van der Waals surface area contributed by atoms with E-state index in [-0.39, 0.29) is 11.8 Å². The van der Waals surface area contributed by atoms with Crippen LogP contribution in [0.15, 0.2) is 48.5 Å². The van der Waals surface area contributed by atoms with Crippen molar-refractivity contribution in [1.29, 1.82) is 0 Å². The Balaban J connectivity index is 1.90. The summed E-state index contributed by atoms with van der Waals surface area (Å²) >= 11 is 0. The molecule has 0 spiro atoms. The highest BCUT2D eigenvalue weighted by atomic mass is 32.2. The minimum Gasteiger partial charge on any atom is -0.497 e. The summed E-state index contributed by atoms with van der Waals surface area (Å²) in [6, 6.07) is 14.4. The van der Waals surface area contributed by atoms with Crippen LogP contribution in [0.1, 0.15) is 17.2 Å². The molecular weight excluding hydrogens is 352 g/mol. The summed E-state index contributed by atoms with van der Waals surface area (Å²) in [5.41, 5.74) is 1.58. The van der Waals surface area contributed by atoms with Crippen molar-refractivity contribution in [3.8, 4) is 11.5 Å². The first-order valence-electron chi connectivity index (χ1n) is 8.51. The number of hydrogen-bond donors (Lipinski definition) is 1. The van der Waals surface area contributed by atoms with Crippen LogP contribution in [0.3, 0.4) is 0 Å². The van der Waals surface area contributed by atoms with Crippen LogP contribution in [-0.2, 0) is 15.8 Å². The Morgan fingerprint density at radius 1 is 1.12 bits per heavy atom. The van der Waals surface area contributed by atoms with Crippen molar-refractivity contribution in [3.05, 3.63) is 59.7 Å². The number of hydrogen-bond acceptors (Lipinski definition) is 5. The highest BCUT2D eigenvalue weighted by molar-refractivity contribution is 7.88. The zero-order valence-electron chi connectivity index (χ0n) is 15.0. The molecule has 1 atom stereocenters. The van der Waals surface area contributed by atoms with Crippen LogP contribution >= 0.6 is 0 Å². The maximum atomic E-state index is 13.2. The molecule has 0 bridgehead atoms. The molecule has 140 valence electrons. The third kappa shape index (κ3) is 4.00. The highest BCUT2D eigenvalue weighted by Gasteiger charge is 2.34. The van der Waals surface area contributed by atoms with E-state index in [0.29, 0.717) is 36.7 Å². The molecule has 2 aromatic rings. The van der Waals surface area contributed by atoms with Gasteiger partial charge in [-0.3, -0.25) is 0 Å². The van der Waals surface area contributed by atoms with Crippen LogP contribution in [-0.4, -0.2) is 46.6 Å². The van der Waals surface area contributed by atoms with E-state index in [2.05, 4.69) is 5.32 Å². The van der Waals surface area contributed by atoms with Gasteiger partial charge in [0.15, 0.2) is 0 Å². The molecule has 0 radical (unpaired) electrons. The Kier molecular flexibility index (Phi) is 5.80. The standard InChI is InChI=1S/C19H24N2O4S/c1-24-16-7-5-6-15(12-16)14-26(22,23)21-11-10-20-13-18(21)17-8-3-4-9-19(17)25-2/h3-9,12,18,20H,10-11,13-14H2,1-2H3. The maximum absolute atomic E-state index is 13.2. The summed E-state index contributed by atoms with van der Waals surface area (Å²) in [7, 11) is -0.329. The lowest BCUT2D eigenvalue weighted by Crippen LogP contribution is -2.49. The molecule has 1 fully saturated rings. The summed E-state index contributed by atoms with van der Waals surface area (Å²) in [5, 5.41) is 3.29. The molecule has 6 nitrogen and oxygen atoms in total. The second-order valence-electron chi connectivity index (χ2n) is 6.18. The molecule has 1 N–H and O–H groups in total. The Bertz CT molecular complexity index is 854. The van der Waals surface area contributed by atoms with Gasteiger partial charge in [0.2, 0.25) is 10.0 Å². The topological polar surface area (TPSA) is 67.9 Å². The van der Waals surface area contributed by atoms with Crippen molar-refractivity contribution in [3.63, 3.8) is 0 Å². The molecule has 7 heteroatoms. The number of nitrogens with zero attached hydrogens (tertiary/aromatic N) is 1. The first-order valence-corrected chi connectivity index (χ1v) is 10.1. The number of methoxy groups -OCH3 is 2. The zero-order valence-corrected chi connectivity index (χ0v) is 15.8. The van der Waals surface area contributed by atoms with Gasteiger partial charge in [-0.15, -0.1) is 0 Å². The molecule has 0 saturated carbocycles. The molecule has 0 aliphatic carbocycles. The van der Waals surface area contributed by atoms with Gasteiger partial charge in [-0.1, -0.05) is 30.3 Å². The molecule has 2 aromatic carbocycles. The predicted molar refractivity (Wildman–Crippen MR) is 101 cm³/mol. The monoisotopic (exact) mass is 376 g/mol. The summed E-state index contributed by atoms with van der Waals surface area (Å²) in [6.45, 7) is 1.61. The van der Waals surface area contributed by atoms with Crippen molar-refractivity contribution in [2.24, 2.45) is 0 Å². The van der Waals surface area contributed by atoms with E-state index >= 15 is 0 Å². The number of nitrogens with one attached hydrogen (secondary N) is 1. The van der Waals surface area contributed by atoms with Crippen LogP contribution in [0.2, 0.25) is 0 Å². The number of ether oxygens (including phenoxy) is 2. The second-order valence-corrected chi connectivity index (χ2v) is 8.10. The third-order valence-corrected chi connectivity index (χ3v) is 6.38. The van der Waals surface area contributed by atoms with Crippen LogP contribution in [0.25, 0.3) is 0 Å². The number of piperazine rings is 1. The Morgan fingerprint density at radius 3 is 2.69 bits per heavy atom. The van der Waals surface area contributed by atoms with Gasteiger partial charge in [0.05, 0.1) is 26.0 Å². The van der Waals surface area contributed by atoms with E-state index in [9.17, 15) is 8.42 Å². The quantitative estimate of drug-likeness (QED) is 0.837. The van der Waals surface area contributed by atoms with Crippen LogP contribution in [0.4, 0.5) is 0 Å². The fraction of sp³-hybridized carbons (Fsp3) is 0.368. The molecule has 1 saturated heterocycles. The van der Waals surface area contributed by atoms with Gasteiger partial charge in [-0.2, -0.15) is 4.31 Å². The van der Waals surface area contributed by atoms with Crippen molar-refractivity contribution in [2.45, 2.75) is 11.8 Å². The SMILES string of the molecule is COc1cccc(CS(=O)(=O)N2CCNCC2c2ccccc2OC)c1. The van der Waals surface area contributed by atoms with Crippen LogP contribution in [0.5, 0.6) is 11.5 Å². The van der Waals surface area contributed by atoms with E-state index in [1.54, 1.807) is 42.8 Å². The van der Waals surface area contributed by atoms with E-state index in [1.807, 2.05) is 24.3 Å². The fourth-order valence-electron chi connectivity index (χ4n) is 3.28. The molecule has 3 rings (SSSR count). The van der Waals surface area contributed by atoms with E-state index in [4.69, 9.17) is 9.47 Å². The number of sulfonamides is 1. The lowest BCUT2D eigenvalue weighted by molar-refractivity contribution is 0.264. The van der Waals surface area contributed by atoms with Gasteiger partial charge in [0.1, 0.15) is 11.5 Å². The lowest BCUT2D eigenvalue weighted by Gasteiger charge is -2.36. The second kappa shape index (κ2) is 8.07.